The van der Waals surface area contributed by atoms with Crippen molar-refractivity contribution in [2.45, 2.75) is 34.6 Å². The molecule has 1 N–H and O–H groups in total. The van der Waals surface area contributed by atoms with Crippen molar-refractivity contribution in [2.24, 2.45) is 16.0 Å². The maximum absolute atomic E-state index is 12.7. The van der Waals surface area contributed by atoms with Crippen molar-refractivity contribution in [3.8, 4) is 17.2 Å². The molecule has 0 fully saturated rings. The molecule has 0 bridgehead atoms. The van der Waals surface area contributed by atoms with Crippen molar-refractivity contribution in [1.29, 1.82) is 5.41 Å². The number of aryl methyl sites for hydroxylation is 2. The largest absolute Gasteiger partial charge is 0.490 e. The highest BCUT2D eigenvalue weighted by Gasteiger charge is 2.36. The molecule has 188 valence electrons. The molecule has 0 saturated heterocycles. The van der Waals surface area contributed by atoms with Gasteiger partial charge < -0.3 is 14.2 Å². The SMILES string of the molecule is CCOc1cc(/C=C2/C(=N)N3N=C(C(C)C)SC3=NC2=O)ccc1OCCOc1cc(C)ccc1C. The summed E-state index contributed by atoms with van der Waals surface area (Å²) < 4.78 is 17.6. The van der Waals surface area contributed by atoms with E-state index in [0.717, 1.165) is 21.9 Å². The number of thioether (sulfide) groups is 1. The fraction of sp³-hybridized carbons (Fsp3) is 0.333. The zero-order chi connectivity index (χ0) is 25.8. The van der Waals surface area contributed by atoms with E-state index < -0.39 is 5.91 Å². The first-order valence-electron chi connectivity index (χ1n) is 11.9. The smallest absolute Gasteiger partial charge is 0.283 e. The van der Waals surface area contributed by atoms with E-state index in [9.17, 15) is 4.79 Å². The highest BCUT2D eigenvalue weighted by Crippen LogP contribution is 2.33. The van der Waals surface area contributed by atoms with Gasteiger partial charge in [0.15, 0.2) is 17.3 Å². The van der Waals surface area contributed by atoms with E-state index in [-0.39, 0.29) is 17.3 Å². The molecule has 4 rings (SSSR count). The predicted octanol–water partition coefficient (Wildman–Crippen LogP) is 5.44. The number of rotatable bonds is 9. The van der Waals surface area contributed by atoms with Crippen LogP contribution < -0.4 is 14.2 Å². The number of hydrogen-bond acceptors (Lipinski definition) is 7. The molecule has 0 radical (unpaired) electrons. The van der Waals surface area contributed by atoms with E-state index in [1.54, 1.807) is 18.2 Å². The second kappa shape index (κ2) is 11.0. The summed E-state index contributed by atoms with van der Waals surface area (Å²) in [5.41, 5.74) is 3.09. The van der Waals surface area contributed by atoms with Gasteiger partial charge in [0, 0.05) is 5.92 Å². The third kappa shape index (κ3) is 5.62. The van der Waals surface area contributed by atoms with Gasteiger partial charge in [-0.2, -0.15) is 15.1 Å². The van der Waals surface area contributed by atoms with Gasteiger partial charge >= 0.3 is 0 Å². The summed E-state index contributed by atoms with van der Waals surface area (Å²) in [6, 6.07) is 11.5. The van der Waals surface area contributed by atoms with Crippen molar-refractivity contribution in [3.05, 3.63) is 58.7 Å². The molecule has 0 aromatic heterocycles. The second-order valence-electron chi connectivity index (χ2n) is 8.72. The van der Waals surface area contributed by atoms with Crippen LogP contribution in [0, 0.1) is 25.2 Å². The highest BCUT2D eigenvalue weighted by molar-refractivity contribution is 8.27. The number of ether oxygens (including phenoxy) is 3. The Bertz CT molecular complexity index is 1280. The van der Waals surface area contributed by atoms with Crippen molar-refractivity contribution in [3.63, 3.8) is 0 Å². The van der Waals surface area contributed by atoms with E-state index in [0.29, 0.717) is 42.1 Å². The van der Waals surface area contributed by atoms with Gasteiger partial charge in [0.05, 0.1) is 12.2 Å². The molecule has 0 aliphatic carbocycles. The van der Waals surface area contributed by atoms with Gasteiger partial charge in [0.1, 0.15) is 24.0 Å². The van der Waals surface area contributed by atoms with Gasteiger partial charge in [-0.15, -0.1) is 0 Å². The van der Waals surface area contributed by atoms with Crippen LogP contribution in [0.25, 0.3) is 6.08 Å². The Morgan fingerprint density at radius 2 is 1.78 bits per heavy atom. The average Bonchev–Trinajstić information content (AvgIpc) is 3.27. The van der Waals surface area contributed by atoms with Gasteiger partial charge in [0.2, 0.25) is 5.17 Å². The fourth-order valence-corrected chi connectivity index (χ4v) is 4.47. The summed E-state index contributed by atoms with van der Waals surface area (Å²) in [6.45, 7) is 11.2. The van der Waals surface area contributed by atoms with E-state index in [1.165, 1.54) is 16.8 Å². The number of fused-ring (bicyclic) bond motifs is 1. The molecule has 0 unspecified atom stereocenters. The lowest BCUT2D eigenvalue weighted by molar-refractivity contribution is -0.114. The molecule has 36 heavy (non-hydrogen) atoms. The molecule has 0 atom stereocenters. The number of hydrazone groups is 1. The first kappa shape index (κ1) is 25.5. The Labute approximate surface area is 215 Å². The fourth-order valence-electron chi connectivity index (χ4n) is 3.57. The molecule has 2 aliphatic rings. The van der Waals surface area contributed by atoms with Crippen molar-refractivity contribution >= 4 is 39.8 Å². The van der Waals surface area contributed by atoms with Crippen LogP contribution in [0.3, 0.4) is 0 Å². The zero-order valence-electron chi connectivity index (χ0n) is 21.1. The monoisotopic (exact) mass is 506 g/mol. The molecular formula is C27H30N4O4S. The molecule has 2 heterocycles. The highest BCUT2D eigenvalue weighted by atomic mass is 32.2. The third-order valence-corrected chi connectivity index (χ3v) is 6.69. The molecule has 2 aliphatic heterocycles. The molecule has 0 spiro atoms. The number of amidine groups is 2. The minimum absolute atomic E-state index is 0.00928. The predicted molar refractivity (Wildman–Crippen MR) is 144 cm³/mol. The summed E-state index contributed by atoms with van der Waals surface area (Å²) in [6.07, 6.45) is 1.63. The quantitative estimate of drug-likeness (QED) is 0.360. The van der Waals surface area contributed by atoms with E-state index in [2.05, 4.69) is 16.2 Å². The van der Waals surface area contributed by atoms with Crippen LogP contribution in [0.15, 0.2) is 52.1 Å². The second-order valence-corrected chi connectivity index (χ2v) is 9.71. The zero-order valence-corrected chi connectivity index (χ0v) is 21.9. The van der Waals surface area contributed by atoms with Crippen LogP contribution in [0.2, 0.25) is 0 Å². The van der Waals surface area contributed by atoms with Crippen LogP contribution >= 0.6 is 11.8 Å². The van der Waals surface area contributed by atoms with Gasteiger partial charge in [-0.3, -0.25) is 10.2 Å². The topological polar surface area (TPSA) is 96.6 Å². The lowest BCUT2D eigenvalue weighted by Crippen LogP contribution is -2.35. The van der Waals surface area contributed by atoms with Crippen molar-refractivity contribution in [1.82, 2.24) is 5.01 Å². The molecule has 0 saturated carbocycles. The van der Waals surface area contributed by atoms with Gasteiger partial charge in [-0.1, -0.05) is 32.0 Å². The Morgan fingerprint density at radius 1 is 1.03 bits per heavy atom. The summed E-state index contributed by atoms with van der Waals surface area (Å²) in [7, 11) is 0. The minimum Gasteiger partial charge on any atom is -0.490 e. The number of nitrogens with zero attached hydrogens (tertiary/aromatic N) is 3. The van der Waals surface area contributed by atoms with Gasteiger partial charge in [-0.25, -0.2) is 0 Å². The lowest BCUT2D eigenvalue weighted by atomic mass is 10.1. The maximum atomic E-state index is 12.7. The summed E-state index contributed by atoms with van der Waals surface area (Å²) in [4.78, 5) is 16.8. The summed E-state index contributed by atoms with van der Waals surface area (Å²) >= 11 is 1.33. The van der Waals surface area contributed by atoms with Crippen LogP contribution in [-0.4, -0.2) is 46.8 Å². The number of carbonyl (C=O) groups is 1. The molecule has 9 heteroatoms. The van der Waals surface area contributed by atoms with E-state index in [4.69, 9.17) is 19.6 Å². The van der Waals surface area contributed by atoms with Gasteiger partial charge in [0.25, 0.3) is 5.91 Å². The Balaban J connectivity index is 1.47. The normalized spacial score (nSPS) is 16.3. The van der Waals surface area contributed by atoms with Crippen LogP contribution in [-0.2, 0) is 4.79 Å². The Hall–Kier alpha value is -3.59. The van der Waals surface area contributed by atoms with Crippen LogP contribution in [0.1, 0.15) is 37.5 Å². The Morgan fingerprint density at radius 3 is 2.50 bits per heavy atom. The first-order valence-corrected chi connectivity index (χ1v) is 12.7. The van der Waals surface area contributed by atoms with E-state index in [1.807, 2.05) is 52.8 Å². The lowest BCUT2D eigenvalue weighted by Gasteiger charge is -2.20. The first-order chi connectivity index (χ1) is 17.3. The maximum Gasteiger partial charge on any atom is 0.283 e. The minimum atomic E-state index is -0.458. The number of nitrogens with one attached hydrogen (secondary N) is 1. The number of benzene rings is 2. The number of aliphatic imine (C=N–C) groups is 1. The average molecular weight is 507 g/mol. The molecule has 2 aromatic carbocycles. The molecule has 1 amide bonds. The molecule has 2 aromatic rings. The Kier molecular flexibility index (Phi) is 7.79. The van der Waals surface area contributed by atoms with Gasteiger partial charge in [-0.05, 0) is 73.5 Å². The van der Waals surface area contributed by atoms with Crippen molar-refractivity contribution in [2.75, 3.05) is 19.8 Å². The molecule has 8 nitrogen and oxygen atoms in total. The number of carbonyl (C=O) groups excluding carboxylic acids is 1. The van der Waals surface area contributed by atoms with Crippen LogP contribution in [0.5, 0.6) is 17.2 Å². The molecular weight excluding hydrogens is 476 g/mol. The van der Waals surface area contributed by atoms with E-state index >= 15 is 0 Å². The number of hydrogen-bond donors (Lipinski definition) is 1. The third-order valence-electron chi connectivity index (χ3n) is 5.48. The number of amides is 1. The van der Waals surface area contributed by atoms with Crippen LogP contribution in [0.4, 0.5) is 0 Å². The summed E-state index contributed by atoms with van der Waals surface area (Å²) in [5, 5.41) is 15.7. The van der Waals surface area contributed by atoms with Crippen molar-refractivity contribution < 1.29 is 19.0 Å². The standard InChI is InChI=1S/C27H30N4O4S/c1-6-33-23-15-19(9-10-21(23)34-11-12-35-22-13-17(4)7-8-18(22)5)14-20-24(28)31-27(29-25(20)32)36-26(30-31)16(2)3/h7-10,13-16,28H,6,11-12H2,1-5H3/b20-14-,28-24?. The summed E-state index contributed by atoms with van der Waals surface area (Å²) in [5.74, 6) is 1.71.